The molecule has 116 valence electrons. The van der Waals surface area contributed by atoms with Gasteiger partial charge in [-0.1, -0.05) is 19.1 Å². The van der Waals surface area contributed by atoms with Gasteiger partial charge in [-0.25, -0.2) is 0 Å². The highest BCUT2D eigenvalue weighted by molar-refractivity contribution is 6.00. The lowest BCUT2D eigenvalue weighted by Crippen LogP contribution is -2.48. The first-order chi connectivity index (χ1) is 10.2. The molecule has 0 aliphatic carbocycles. The fourth-order valence-electron chi connectivity index (χ4n) is 2.75. The summed E-state index contributed by atoms with van der Waals surface area (Å²) in [5.41, 5.74) is 0.704. The van der Waals surface area contributed by atoms with Crippen molar-refractivity contribution in [2.75, 3.05) is 45.9 Å². The number of ether oxygens (including phenoxy) is 1. The third-order valence-electron chi connectivity index (χ3n) is 3.86. The molecular formula is C17H26N2O2. The Morgan fingerprint density at radius 1 is 1.10 bits per heavy atom. The van der Waals surface area contributed by atoms with E-state index in [0.717, 1.165) is 32.7 Å². The molecule has 1 saturated heterocycles. The standard InChI is InChI=1S/C17H26N2O2/c1-3-9-18-10-12-19(13-11-18)14-16(20)15-7-5-6-8-17(15)21-4-2/h5-8H,3-4,9-14H2,1-2H3. The summed E-state index contributed by atoms with van der Waals surface area (Å²) in [4.78, 5) is 17.2. The molecule has 4 nitrogen and oxygen atoms in total. The highest BCUT2D eigenvalue weighted by Crippen LogP contribution is 2.19. The predicted molar refractivity (Wildman–Crippen MR) is 85.1 cm³/mol. The van der Waals surface area contributed by atoms with Crippen LogP contribution in [0.15, 0.2) is 24.3 Å². The summed E-state index contributed by atoms with van der Waals surface area (Å²) in [6.45, 7) is 10.5. The van der Waals surface area contributed by atoms with Crippen molar-refractivity contribution in [3.8, 4) is 5.75 Å². The number of benzene rings is 1. The Morgan fingerprint density at radius 3 is 2.43 bits per heavy atom. The summed E-state index contributed by atoms with van der Waals surface area (Å²) in [7, 11) is 0. The maximum Gasteiger partial charge on any atom is 0.180 e. The van der Waals surface area contributed by atoms with Crippen LogP contribution in [0, 0.1) is 0 Å². The zero-order valence-corrected chi connectivity index (χ0v) is 13.2. The summed E-state index contributed by atoms with van der Waals surface area (Å²) < 4.78 is 5.55. The maximum atomic E-state index is 12.5. The van der Waals surface area contributed by atoms with E-state index >= 15 is 0 Å². The number of nitrogens with zero attached hydrogens (tertiary/aromatic N) is 2. The Balaban J connectivity index is 1.90. The van der Waals surface area contributed by atoms with Crippen LogP contribution in [0.25, 0.3) is 0 Å². The van der Waals surface area contributed by atoms with Crippen molar-refractivity contribution in [1.29, 1.82) is 0 Å². The van der Waals surface area contributed by atoms with Gasteiger partial charge in [-0.05, 0) is 32.0 Å². The number of para-hydroxylation sites is 1. The minimum Gasteiger partial charge on any atom is -0.493 e. The van der Waals surface area contributed by atoms with Gasteiger partial charge in [0.05, 0.1) is 18.7 Å². The molecule has 0 atom stereocenters. The van der Waals surface area contributed by atoms with Gasteiger partial charge in [0, 0.05) is 26.2 Å². The van der Waals surface area contributed by atoms with Crippen molar-refractivity contribution >= 4 is 5.78 Å². The number of ketones is 1. The van der Waals surface area contributed by atoms with Crippen LogP contribution in [0.3, 0.4) is 0 Å². The first-order valence-electron chi connectivity index (χ1n) is 7.94. The first kappa shape index (κ1) is 16.0. The highest BCUT2D eigenvalue weighted by Gasteiger charge is 2.20. The molecule has 0 radical (unpaired) electrons. The van der Waals surface area contributed by atoms with E-state index in [1.54, 1.807) is 0 Å². The predicted octanol–water partition coefficient (Wildman–Crippen LogP) is 2.30. The molecule has 0 spiro atoms. The molecule has 1 aromatic rings. The number of rotatable bonds is 7. The molecule has 4 heteroatoms. The molecule has 1 heterocycles. The van der Waals surface area contributed by atoms with E-state index in [1.807, 2.05) is 31.2 Å². The Hall–Kier alpha value is -1.39. The van der Waals surface area contributed by atoms with Crippen molar-refractivity contribution in [3.05, 3.63) is 29.8 Å². The Bertz CT molecular complexity index is 454. The number of carbonyl (C=O) groups excluding carboxylic acids is 1. The van der Waals surface area contributed by atoms with Crippen LogP contribution in [0.5, 0.6) is 5.75 Å². The summed E-state index contributed by atoms with van der Waals surface area (Å²) in [5, 5.41) is 0. The van der Waals surface area contributed by atoms with Crippen LogP contribution in [-0.4, -0.2) is 61.5 Å². The molecule has 1 aliphatic heterocycles. The second-order valence-corrected chi connectivity index (χ2v) is 5.47. The van der Waals surface area contributed by atoms with Gasteiger partial charge in [0.25, 0.3) is 0 Å². The summed E-state index contributed by atoms with van der Waals surface area (Å²) in [6.07, 6.45) is 1.20. The van der Waals surface area contributed by atoms with E-state index in [-0.39, 0.29) is 5.78 Å². The van der Waals surface area contributed by atoms with E-state index in [0.29, 0.717) is 24.5 Å². The van der Waals surface area contributed by atoms with Gasteiger partial charge < -0.3 is 9.64 Å². The summed E-state index contributed by atoms with van der Waals surface area (Å²) >= 11 is 0. The molecule has 2 rings (SSSR count). The lowest BCUT2D eigenvalue weighted by atomic mass is 10.1. The lowest BCUT2D eigenvalue weighted by Gasteiger charge is -2.34. The molecular weight excluding hydrogens is 264 g/mol. The lowest BCUT2D eigenvalue weighted by molar-refractivity contribution is 0.0849. The fraction of sp³-hybridized carbons (Fsp3) is 0.588. The van der Waals surface area contributed by atoms with Gasteiger partial charge in [-0.2, -0.15) is 0 Å². The molecule has 1 aliphatic rings. The number of piperazine rings is 1. The number of Topliss-reactive ketones (excluding diaryl/α,β-unsaturated/α-hetero) is 1. The zero-order chi connectivity index (χ0) is 15.1. The average Bonchev–Trinajstić information content (AvgIpc) is 2.50. The van der Waals surface area contributed by atoms with Gasteiger partial charge >= 0.3 is 0 Å². The van der Waals surface area contributed by atoms with Crippen LogP contribution in [0.2, 0.25) is 0 Å². The molecule has 1 fully saturated rings. The highest BCUT2D eigenvalue weighted by atomic mass is 16.5. The Labute approximate surface area is 127 Å². The Kier molecular flexibility index (Phi) is 6.21. The molecule has 1 aromatic carbocycles. The van der Waals surface area contributed by atoms with Crippen LogP contribution < -0.4 is 4.74 Å². The molecule has 0 saturated carbocycles. The monoisotopic (exact) mass is 290 g/mol. The van der Waals surface area contributed by atoms with Gasteiger partial charge in [-0.3, -0.25) is 9.69 Å². The van der Waals surface area contributed by atoms with Crippen molar-refractivity contribution in [3.63, 3.8) is 0 Å². The SMILES string of the molecule is CCCN1CCN(CC(=O)c2ccccc2OCC)CC1. The van der Waals surface area contributed by atoms with Crippen molar-refractivity contribution in [2.24, 2.45) is 0 Å². The normalized spacial score (nSPS) is 16.9. The van der Waals surface area contributed by atoms with Crippen molar-refractivity contribution in [2.45, 2.75) is 20.3 Å². The molecule has 0 N–H and O–H groups in total. The number of hydrogen-bond acceptors (Lipinski definition) is 4. The smallest absolute Gasteiger partial charge is 0.180 e. The molecule has 0 aromatic heterocycles. The minimum atomic E-state index is 0.156. The third-order valence-corrected chi connectivity index (χ3v) is 3.86. The fourth-order valence-corrected chi connectivity index (χ4v) is 2.75. The second kappa shape index (κ2) is 8.15. The van der Waals surface area contributed by atoms with Gasteiger partial charge in [0.15, 0.2) is 5.78 Å². The maximum absolute atomic E-state index is 12.5. The molecule has 21 heavy (non-hydrogen) atoms. The minimum absolute atomic E-state index is 0.156. The quantitative estimate of drug-likeness (QED) is 0.721. The first-order valence-corrected chi connectivity index (χ1v) is 7.94. The summed E-state index contributed by atoms with van der Waals surface area (Å²) in [6, 6.07) is 7.54. The molecule has 0 amide bonds. The van der Waals surface area contributed by atoms with Crippen LogP contribution >= 0.6 is 0 Å². The summed E-state index contributed by atoms with van der Waals surface area (Å²) in [5.74, 6) is 0.859. The number of hydrogen-bond donors (Lipinski definition) is 0. The van der Waals surface area contributed by atoms with E-state index in [2.05, 4.69) is 16.7 Å². The average molecular weight is 290 g/mol. The zero-order valence-electron chi connectivity index (χ0n) is 13.2. The van der Waals surface area contributed by atoms with Crippen molar-refractivity contribution < 1.29 is 9.53 Å². The number of carbonyl (C=O) groups is 1. The van der Waals surface area contributed by atoms with E-state index in [9.17, 15) is 4.79 Å². The molecule has 0 unspecified atom stereocenters. The van der Waals surface area contributed by atoms with Crippen LogP contribution in [0.4, 0.5) is 0 Å². The molecule has 0 bridgehead atoms. The van der Waals surface area contributed by atoms with Crippen LogP contribution in [0.1, 0.15) is 30.6 Å². The van der Waals surface area contributed by atoms with Gasteiger partial charge in [-0.15, -0.1) is 0 Å². The van der Waals surface area contributed by atoms with E-state index < -0.39 is 0 Å². The van der Waals surface area contributed by atoms with Crippen molar-refractivity contribution in [1.82, 2.24) is 9.80 Å². The second-order valence-electron chi connectivity index (χ2n) is 5.47. The van der Waals surface area contributed by atoms with Gasteiger partial charge in [0.1, 0.15) is 5.75 Å². The topological polar surface area (TPSA) is 32.8 Å². The van der Waals surface area contributed by atoms with Crippen LogP contribution in [-0.2, 0) is 0 Å². The van der Waals surface area contributed by atoms with E-state index in [1.165, 1.54) is 6.42 Å². The Morgan fingerprint density at radius 2 is 1.76 bits per heavy atom. The van der Waals surface area contributed by atoms with Gasteiger partial charge in [0.2, 0.25) is 0 Å². The third kappa shape index (κ3) is 4.55. The van der Waals surface area contributed by atoms with E-state index in [4.69, 9.17) is 4.74 Å². The largest absolute Gasteiger partial charge is 0.493 e.